The molecule has 0 fully saturated rings. The molecule has 21 heavy (non-hydrogen) atoms. The monoisotopic (exact) mass is 287 g/mol. The number of aryl methyl sites for hydroxylation is 1. The Bertz CT molecular complexity index is 618. The fourth-order valence-electron chi connectivity index (χ4n) is 2.40. The number of benzene rings is 1. The molecule has 0 spiro atoms. The van der Waals surface area contributed by atoms with E-state index in [4.69, 9.17) is 9.15 Å². The molecule has 0 bridgehead atoms. The Kier molecular flexibility index (Phi) is 4.68. The van der Waals surface area contributed by atoms with Crippen LogP contribution in [-0.4, -0.2) is 24.5 Å². The molecule has 0 N–H and O–H groups in total. The minimum absolute atomic E-state index is 0.0536. The van der Waals surface area contributed by atoms with Gasteiger partial charge in [0.2, 0.25) is 0 Å². The number of methoxy groups -OCH3 is 1. The number of hydrogen-bond donors (Lipinski definition) is 0. The van der Waals surface area contributed by atoms with Crippen LogP contribution < -0.4 is 4.74 Å². The fourth-order valence-corrected chi connectivity index (χ4v) is 2.40. The van der Waals surface area contributed by atoms with Gasteiger partial charge in [-0.2, -0.15) is 0 Å². The highest BCUT2D eigenvalue weighted by atomic mass is 16.5. The first-order valence-electron chi connectivity index (χ1n) is 7.07. The summed E-state index contributed by atoms with van der Waals surface area (Å²) >= 11 is 0. The van der Waals surface area contributed by atoms with E-state index in [0.29, 0.717) is 12.3 Å². The Balaban J connectivity index is 2.28. The number of hydrogen-bond acceptors (Lipinski definition) is 3. The van der Waals surface area contributed by atoms with Gasteiger partial charge in [0, 0.05) is 12.1 Å². The molecule has 0 aliphatic carbocycles. The Hall–Kier alpha value is -2.23. The van der Waals surface area contributed by atoms with Crippen molar-refractivity contribution >= 4 is 5.91 Å². The van der Waals surface area contributed by atoms with Crippen molar-refractivity contribution in [2.75, 3.05) is 13.7 Å². The lowest BCUT2D eigenvalue weighted by Gasteiger charge is -2.28. The van der Waals surface area contributed by atoms with Gasteiger partial charge in [0.1, 0.15) is 5.75 Å². The summed E-state index contributed by atoms with van der Waals surface area (Å²) in [6.45, 7) is 6.46. The van der Waals surface area contributed by atoms with Crippen molar-refractivity contribution in [3.63, 3.8) is 0 Å². The van der Waals surface area contributed by atoms with Crippen LogP contribution in [0.1, 0.15) is 41.6 Å². The predicted molar refractivity (Wildman–Crippen MR) is 81.6 cm³/mol. The lowest BCUT2D eigenvalue weighted by molar-refractivity contribution is 0.0668. The van der Waals surface area contributed by atoms with Crippen molar-refractivity contribution in [2.24, 2.45) is 0 Å². The van der Waals surface area contributed by atoms with Crippen LogP contribution in [0.3, 0.4) is 0 Å². The summed E-state index contributed by atoms with van der Waals surface area (Å²) < 4.78 is 10.6. The predicted octanol–water partition coefficient (Wildman–Crippen LogP) is 3.82. The summed E-state index contributed by atoms with van der Waals surface area (Å²) in [5.41, 5.74) is 1.89. The molecule has 2 rings (SSSR count). The van der Waals surface area contributed by atoms with E-state index >= 15 is 0 Å². The highest BCUT2D eigenvalue weighted by Crippen LogP contribution is 2.26. The van der Waals surface area contributed by atoms with Crippen LogP contribution in [0.4, 0.5) is 0 Å². The molecular formula is C17H21NO3. The van der Waals surface area contributed by atoms with Gasteiger partial charge in [-0.25, -0.2) is 0 Å². The number of rotatable bonds is 5. The van der Waals surface area contributed by atoms with E-state index < -0.39 is 0 Å². The second-order valence-corrected chi connectivity index (χ2v) is 4.98. The third-order valence-electron chi connectivity index (χ3n) is 3.70. The average molecular weight is 287 g/mol. The van der Waals surface area contributed by atoms with Gasteiger partial charge in [0.25, 0.3) is 5.91 Å². The third-order valence-corrected chi connectivity index (χ3v) is 3.70. The second kappa shape index (κ2) is 6.48. The molecule has 1 unspecified atom stereocenters. The maximum atomic E-state index is 12.6. The van der Waals surface area contributed by atoms with Gasteiger partial charge in [-0.05, 0) is 44.5 Å². The largest absolute Gasteiger partial charge is 0.497 e. The minimum atomic E-state index is -0.0877. The zero-order chi connectivity index (χ0) is 15.4. The lowest BCUT2D eigenvalue weighted by atomic mass is 10.1. The maximum absolute atomic E-state index is 12.6. The van der Waals surface area contributed by atoms with Crippen LogP contribution in [0.15, 0.2) is 41.0 Å². The van der Waals surface area contributed by atoms with Crippen LogP contribution in [0.25, 0.3) is 0 Å². The molecule has 1 heterocycles. The van der Waals surface area contributed by atoms with Crippen molar-refractivity contribution in [2.45, 2.75) is 26.8 Å². The fraction of sp³-hybridized carbons (Fsp3) is 0.353. The van der Waals surface area contributed by atoms with Gasteiger partial charge >= 0.3 is 0 Å². The number of amides is 1. The van der Waals surface area contributed by atoms with E-state index in [2.05, 4.69) is 0 Å². The number of nitrogens with zero attached hydrogens (tertiary/aromatic N) is 1. The van der Waals surface area contributed by atoms with E-state index in [1.54, 1.807) is 24.3 Å². The van der Waals surface area contributed by atoms with E-state index in [-0.39, 0.29) is 11.9 Å². The Morgan fingerprint density at radius 3 is 2.71 bits per heavy atom. The van der Waals surface area contributed by atoms with Crippen LogP contribution >= 0.6 is 0 Å². The van der Waals surface area contributed by atoms with Crippen LogP contribution in [0, 0.1) is 6.92 Å². The minimum Gasteiger partial charge on any atom is -0.497 e. The topological polar surface area (TPSA) is 42.7 Å². The van der Waals surface area contributed by atoms with E-state index in [9.17, 15) is 4.79 Å². The van der Waals surface area contributed by atoms with Crippen LogP contribution in [0.5, 0.6) is 5.75 Å². The number of furan rings is 1. The second-order valence-electron chi connectivity index (χ2n) is 4.98. The molecule has 2 aromatic rings. The molecule has 1 aromatic heterocycles. The molecule has 4 nitrogen and oxygen atoms in total. The average Bonchev–Trinajstić information content (AvgIpc) is 2.94. The first-order valence-corrected chi connectivity index (χ1v) is 7.07. The summed E-state index contributed by atoms with van der Waals surface area (Å²) in [6, 6.07) is 9.53. The third kappa shape index (κ3) is 3.10. The Morgan fingerprint density at radius 2 is 2.14 bits per heavy atom. The van der Waals surface area contributed by atoms with Gasteiger partial charge in [-0.15, -0.1) is 0 Å². The van der Waals surface area contributed by atoms with E-state index in [1.807, 2.05) is 45.0 Å². The van der Waals surface area contributed by atoms with Gasteiger partial charge in [0.05, 0.1) is 19.4 Å². The van der Waals surface area contributed by atoms with Gasteiger partial charge in [0.15, 0.2) is 5.76 Å². The van der Waals surface area contributed by atoms with Crippen molar-refractivity contribution < 1.29 is 13.9 Å². The van der Waals surface area contributed by atoms with Gasteiger partial charge < -0.3 is 14.1 Å². The summed E-state index contributed by atoms with van der Waals surface area (Å²) in [5, 5.41) is 0. The molecule has 0 radical (unpaired) electrons. The molecule has 0 aliphatic rings. The molecule has 4 heteroatoms. The highest BCUT2D eigenvalue weighted by Gasteiger charge is 2.24. The smallest absolute Gasteiger partial charge is 0.290 e. The lowest BCUT2D eigenvalue weighted by Crippen LogP contribution is -2.33. The first-order chi connectivity index (χ1) is 10.1. The van der Waals surface area contributed by atoms with Gasteiger partial charge in [-0.1, -0.05) is 12.1 Å². The van der Waals surface area contributed by atoms with E-state index in [0.717, 1.165) is 16.9 Å². The van der Waals surface area contributed by atoms with Crippen molar-refractivity contribution in [3.8, 4) is 5.75 Å². The molecule has 1 atom stereocenters. The molecule has 0 saturated heterocycles. The molecule has 112 valence electrons. The zero-order valence-corrected chi connectivity index (χ0v) is 12.9. The molecule has 1 aromatic carbocycles. The van der Waals surface area contributed by atoms with Crippen LogP contribution in [0.2, 0.25) is 0 Å². The number of ether oxygens (including phenoxy) is 1. The quantitative estimate of drug-likeness (QED) is 0.839. The molecule has 0 saturated carbocycles. The first kappa shape index (κ1) is 15.2. The van der Waals surface area contributed by atoms with Crippen LogP contribution in [-0.2, 0) is 0 Å². The summed E-state index contributed by atoms with van der Waals surface area (Å²) in [7, 11) is 1.64. The highest BCUT2D eigenvalue weighted by molar-refractivity contribution is 5.93. The summed E-state index contributed by atoms with van der Waals surface area (Å²) in [6.07, 6.45) is 1.55. The van der Waals surface area contributed by atoms with Gasteiger partial charge in [-0.3, -0.25) is 4.79 Å². The standard InChI is InChI=1S/C17H21NO3/c1-5-18(17(19)16-12(2)9-10-21-16)13(3)14-7-6-8-15(11-14)20-4/h6-11,13H,5H2,1-4H3. The summed E-state index contributed by atoms with van der Waals surface area (Å²) in [5.74, 6) is 1.11. The maximum Gasteiger partial charge on any atom is 0.290 e. The molecular weight excluding hydrogens is 266 g/mol. The Labute approximate surface area is 125 Å². The zero-order valence-electron chi connectivity index (χ0n) is 12.9. The van der Waals surface area contributed by atoms with Crippen molar-refractivity contribution in [1.82, 2.24) is 4.90 Å². The molecule has 0 aliphatic heterocycles. The van der Waals surface area contributed by atoms with E-state index in [1.165, 1.54) is 0 Å². The Morgan fingerprint density at radius 1 is 1.38 bits per heavy atom. The summed E-state index contributed by atoms with van der Waals surface area (Å²) in [4.78, 5) is 14.4. The SMILES string of the molecule is CCN(C(=O)c1occc1C)C(C)c1cccc(OC)c1. The number of carbonyl (C=O) groups is 1. The van der Waals surface area contributed by atoms with Crippen molar-refractivity contribution in [1.29, 1.82) is 0 Å². The number of carbonyl (C=O) groups excluding carboxylic acids is 1. The molecule has 1 amide bonds. The normalized spacial score (nSPS) is 12.0. The van der Waals surface area contributed by atoms with Crippen molar-refractivity contribution in [3.05, 3.63) is 53.5 Å².